The second kappa shape index (κ2) is 8.20. The molecule has 0 saturated carbocycles. The summed E-state index contributed by atoms with van der Waals surface area (Å²) in [4.78, 5) is 38.9. The third kappa shape index (κ3) is 3.67. The Morgan fingerprint density at radius 3 is 2.69 bits per heavy atom. The molecule has 0 aliphatic heterocycles. The van der Waals surface area contributed by atoms with Crippen molar-refractivity contribution in [3.63, 3.8) is 0 Å². The quantitative estimate of drug-likeness (QED) is 0.507. The Balaban J connectivity index is 1.49. The zero-order valence-electron chi connectivity index (χ0n) is 17.1. The fourth-order valence-corrected chi connectivity index (χ4v) is 5.06. The molecule has 1 aliphatic rings. The lowest BCUT2D eigenvalue weighted by Crippen LogP contribution is -2.41. The summed E-state index contributed by atoms with van der Waals surface area (Å²) in [6.07, 6.45) is 3.16. The van der Waals surface area contributed by atoms with E-state index in [1.807, 2.05) is 18.2 Å². The first kappa shape index (κ1) is 20.4. The van der Waals surface area contributed by atoms with Gasteiger partial charge in [0.2, 0.25) is 5.91 Å². The van der Waals surface area contributed by atoms with Gasteiger partial charge in [0.1, 0.15) is 17.1 Å². The molecule has 0 fully saturated rings. The highest BCUT2D eigenvalue weighted by atomic mass is 32.1. The van der Waals surface area contributed by atoms with Gasteiger partial charge < -0.3 is 5.32 Å². The highest BCUT2D eigenvalue weighted by Crippen LogP contribution is 2.25. The Morgan fingerprint density at radius 2 is 1.84 bits per heavy atom. The number of rotatable bonds is 5. The molecule has 0 atom stereocenters. The SMILES string of the molecule is O=C(Cn1c(=O)n(Cc2ccccc2F)c(=O)c2sccc21)Nc1ccc2c(c1)CCC2. The fraction of sp³-hybridized carbons (Fsp3) is 0.208. The smallest absolute Gasteiger partial charge is 0.325 e. The van der Waals surface area contributed by atoms with Gasteiger partial charge in [-0.1, -0.05) is 24.3 Å². The zero-order valence-corrected chi connectivity index (χ0v) is 18.0. The molecule has 4 aromatic rings. The summed E-state index contributed by atoms with van der Waals surface area (Å²) in [5.41, 5.74) is 2.73. The van der Waals surface area contributed by atoms with Gasteiger partial charge in [-0.3, -0.25) is 18.7 Å². The molecule has 8 heteroatoms. The maximum atomic E-state index is 14.2. The van der Waals surface area contributed by atoms with Crippen molar-refractivity contribution in [2.45, 2.75) is 32.4 Å². The van der Waals surface area contributed by atoms with E-state index in [0.717, 1.165) is 23.8 Å². The number of thiophene rings is 1. The topological polar surface area (TPSA) is 73.1 Å². The van der Waals surface area contributed by atoms with Crippen molar-refractivity contribution in [2.75, 3.05) is 5.32 Å². The van der Waals surface area contributed by atoms with Crippen LogP contribution >= 0.6 is 11.3 Å². The second-order valence-corrected chi connectivity index (χ2v) is 8.79. The normalized spacial score (nSPS) is 12.8. The van der Waals surface area contributed by atoms with Crippen LogP contribution in [-0.4, -0.2) is 15.0 Å². The minimum absolute atomic E-state index is 0.204. The molecule has 32 heavy (non-hydrogen) atoms. The predicted octanol–water partition coefficient (Wildman–Crippen LogP) is 3.54. The number of nitrogens with one attached hydrogen (secondary N) is 1. The third-order valence-electron chi connectivity index (χ3n) is 5.81. The van der Waals surface area contributed by atoms with Crippen molar-refractivity contribution in [1.82, 2.24) is 9.13 Å². The first-order valence-electron chi connectivity index (χ1n) is 10.4. The summed E-state index contributed by atoms with van der Waals surface area (Å²) in [7, 11) is 0. The Labute approximate surface area is 186 Å². The molecular formula is C24H20FN3O3S. The molecule has 5 rings (SSSR count). The van der Waals surface area contributed by atoms with Gasteiger partial charge in [-0.05, 0) is 60.0 Å². The molecule has 1 aliphatic carbocycles. The summed E-state index contributed by atoms with van der Waals surface area (Å²) in [5, 5.41) is 4.56. The van der Waals surface area contributed by atoms with Crippen LogP contribution in [0.5, 0.6) is 0 Å². The maximum Gasteiger partial charge on any atom is 0.332 e. The molecule has 1 amide bonds. The maximum absolute atomic E-state index is 14.2. The van der Waals surface area contributed by atoms with Crippen LogP contribution in [0.2, 0.25) is 0 Å². The molecule has 0 bridgehead atoms. The van der Waals surface area contributed by atoms with Crippen LogP contribution in [-0.2, 0) is 30.7 Å². The van der Waals surface area contributed by atoms with Crippen LogP contribution in [0, 0.1) is 5.82 Å². The van der Waals surface area contributed by atoms with Gasteiger partial charge in [-0.2, -0.15) is 0 Å². The van der Waals surface area contributed by atoms with E-state index < -0.39 is 17.1 Å². The van der Waals surface area contributed by atoms with Crippen LogP contribution in [0.3, 0.4) is 0 Å². The molecule has 0 saturated heterocycles. The molecule has 1 N–H and O–H groups in total. The van der Waals surface area contributed by atoms with E-state index in [1.165, 1.54) is 39.2 Å². The fourth-order valence-electron chi connectivity index (χ4n) is 4.22. The average molecular weight is 450 g/mol. The van der Waals surface area contributed by atoms with Crippen LogP contribution in [0.1, 0.15) is 23.1 Å². The molecule has 6 nitrogen and oxygen atoms in total. The average Bonchev–Trinajstić information content (AvgIpc) is 3.45. The minimum atomic E-state index is -0.645. The van der Waals surface area contributed by atoms with E-state index in [1.54, 1.807) is 23.6 Å². The van der Waals surface area contributed by atoms with E-state index >= 15 is 0 Å². The van der Waals surface area contributed by atoms with Gasteiger partial charge in [0.05, 0.1) is 12.1 Å². The number of hydrogen-bond acceptors (Lipinski definition) is 4. The molecule has 2 aromatic carbocycles. The van der Waals surface area contributed by atoms with Gasteiger partial charge in [0, 0.05) is 11.3 Å². The van der Waals surface area contributed by atoms with Crippen LogP contribution in [0.25, 0.3) is 10.2 Å². The summed E-state index contributed by atoms with van der Waals surface area (Å²) < 4.78 is 16.8. The first-order valence-corrected chi connectivity index (χ1v) is 11.2. The highest BCUT2D eigenvalue weighted by Gasteiger charge is 2.18. The van der Waals surface area contributed by atoms with Gasteiger partial charge in [-0.15, -0.1) is 11.3 Å². The number of carbonyl (C=O) groups excluding carboxylic acids is 1. The lowest BCUT2D eigenvalue weighted by atomic mass is 10.1. The number of hydrogen-bond donors (Lipinski definition) is 1. The lowest BCUT2D eigenvalue weighted by molar-refractivity contribution is -0.116. The number of fused-ring (bicyclic) bond motifs is 2. The van der Waals surface area contributed by atoms with E-state index in [9.17, 15) is 18.8 Å². The summed E-state index contributed by atoms with van der Waals surface area (Å²) >= 11 is 1.19. The number of halogens is 1. The summed E-state index contributed by atoms with van der Waals surface area (Å²) in [6, 6.07) is 13.5. The van der Waals surface area contributed by atoms with Gasteiger partial charge in [0.15, 0.2) is 0 Å². The number of aromatic nitrogens is 2. The molecule has 2 heterocycles. The molecule has 0 unspecified atom stereocenters. The predicted molar refractivity (Wildman–Crippen MR) is 123 cm³/mol. The Hall–Kier alpha value is -3.52. The van der Waals surface area contributed by atoms with Crippen molar-refractivity contribution >= 4 is 33.1 Å². The Morgan fingerprint density at radius 1 is 1.03 bits per heavy atom. The Bertz CT molecular complexity index is 1470. The molecule has 0 radical (unpaired) electrons. The molecular weight excluding hydrogens is 429 g/mol. The first-order chi connectivity index (χ1) is 15.5. The number of anilines is 1. The number of aryl methyl sites for hydroxylation is 2. The largest absolute Gasteiger partial charge is 0.332 e. The Kier molecular flexibility index (Phi) is 5.22. The van der Waals surface area contributed by atoms with Crippen molar-refractivity contribution in [1.29, 1.82) is 0 Å². The summed E-state index contributed by atoms with van der Waals surface area (Å²) in [6.45, 7) is -0.453. The molecule has 162 valence electrons. The van der Waals surface area contributed by atoms with Gasteiger partial charge in [0.25, 0.3) is 5.56 Å². The molecule has 2 aromatic heterocycles. The minimum Gasteiger partial charge on any atom is -0.325 e. The summed E-state index contributed by atoms with van der Waals surface area (Å²) in [5.74, 6) is -0.861. The van der Waals surface area contributed by atoms with Gasteiger partial charge >= 0.3 is 5.69 Å². The van der Waals surface area contributed by atoms with E-state index in [0.29, 0.717) is 15.9 Å². The van der Waals surface area contributed by atoms with Crippen LogP contribution in [0.4, 0.5) is 10.1 Å². The third-order valence-corrected chi connectivity index (χ3v) is 6.70. The number of benzene rings is 2. The van der Waals surface area contributed by atoms with Crippen LogP contribution < -0.4 is 16.6 Å². The molecule has 0 spiro atoms. The monoisotopic (exact) mass is 449 g/mol. The second-order valence-electron chi connectivity index (χ2n) is 7.87. The number of amides is 1. The standard InChI is InChI=1S/C24H20FN3O3S/c25-19-7-2-1-4-17(19)13-28-23(30)22-20(10-11-32-22)27(24(28)31)14-21(29)26-18-9-8-15-5-3-6-16(15)12-18/h1-2,4,7-12H,3,5-6,13-14H2,(H,26,29). The van der Waals surface area contributed by atoms with Gasteiger partial charge in [-0.25, -0.2) is 9.18 Å². The van der Waals surface area contributed by atoms with Crippen LogP contribution in [0.15, 0.2) is 63.5 Å². The van der Waals surface area contributed by atoms with E-state index in [-0.39, 0.29) is 24.6 Å². The number of nitrogens with zero attached hydrogens (tertiary/aromatic N) is 2. The zero-order chi connectivity index (χ0) is 22.2. The van der Waals surface area contributed by atoms with Crippen molar-refractivity contribution in [3.05, 3.63) is 97.3 Å². The van der Waals surface area contributed by atoms with Crippen molar-refractivity contribution in [3.8, 4) is 0 Å². The van der Waals surface area contributed by atoms with E-state index in [4.69, 9.17) is 0 Å². The van der Waals surface area contributed by atoms with Crippen molar-refractivity contribution in [2.24, 2.45) is 0 Å². The lowest BCUT2D eigenvalue weighted by Gasteiger charge is -2.13. The highest BCUT2D eigenvalue weighted by molar-refractivity contribution is 7.17. The van der Waals surface area contributed by atoms with E-state index in [2.05, 4.69) is 5.32 Å². The number of carbonyl (C=O) groups is 1. The van der Waals surface area contributed by atoms with Crippen molar-refractivity contribution < 1.29 is 9.18 Å².